The number of carbonyl (C=O) groups excluding carboxylic acids is 2. The van der Waals surface area contributed by atoms with Crippen LogP contribution in [0.4, 0.5) is 9.59 Å². The quantitative estimate of drug-likeness (QED) is 0.569. The van der Waals surface area contributed by atoms with Gasteiger partial charge in [-0.2, -0.15) is 0 Å². The van der Waals surface area contributed by atoms with E-state index in [0.29, 0.717) is 10.9 Å². The fourth-order valence-corrected chi connectivity index (χ4v) is 2.06. The van der Waals surface area contributed by atoms with Gasteiger partial charge in [0.25, 0.3) is 26.3 Å². The Hall–Kier alpha value is -3.35. The SMILES string of the molecule is O=C(Bc1ccc(C(=O)O)cc1)OC(=O)Bc1ccc(C(=O)O)cc1. The molecule has 0 saturated carbocycles. The molecule has 0 saturated heterocycles. The summed E-state index contributed by atoms with van der Waals surface area (Å²) < 4.78 is 4.70. The topological polar surface area (TPSA) is 118 Å². The van der Waals surface area contributed by atoms with Crippen molar-refractivity contribution in [2.75, 3.05) is 0 Å². The first-order valence-corrected chi connectivity index (χ1v) is 7.23. The van der Waals surface area contributed by atoms with Gasteiger partial charge in [0.1, 0.15) is 0 Å². The van der Waals surface area contributed by atoms with Crippen LogP contribution in [0, 0.1) is 0 Å². The van der Waals surface area contributed by atoms with Crippen molar-refractivity contribution in [3.05, 3.63) is 59.7 Å². The van der Waals surface area contributed by atoms with E-state index in [1.54, 1.807) is 0 Å². The second-order valence-electron chi connectivity index (χ2n) is 5.20. The lowest BCUT2D eigenvalue weighted by molar-refractivity contribution is 0.0686. The largest absolute Gasteiger partial charge is 0.478 e. The third-order valence-electron chi connectivity index (χ3n) is 3.33. The zero-order valence-corrected chi connectivity index (χ0v) is 13.0. The summed E-state index contributed by atoms with van der Waals surface area (Å²) in [7, 11) is -0.326. The van der Waals surface area contributed by atoms with Crippen LogP contribution in [0.25, 0.3) is 0 Å². The number of hydrogen-bond donors (Lipinski definition) is 2. The second kappa shape index (κ2) is 7.96. The standard InChI is InChI=1S/C16H12B2O7/c19-13(20)9-1-5-11(6-2-9)17-15(23)25-16(24)18-12-7-3-10(4-8-12)14(21)22/h1-8,17-18H,(H,19,20)(H,21,22). The summed E-state index contributed by atoms with van der Waals surface area (Å²) in [5.41, 5.74) is 1.23. The van der Waals surface area contributed by atoms with Gasteiger partial charge in [-0.25, -0.2) is 9.59 Å². The molecule has 7 nitrogen and oxygen atoms in total. The maximum absolute atomic E-state index is 11.7. The molecule has 25 heavy (non-hydrogen) atoms. The average Bonchev–Trinajstić information content (AvgIpc) is 2.55. The molecule has 0 bridgehead atoms. The third-order valence-corrected chi connectivity index (χ3v) is 3.33. The molecular formula is C16H12B2O7. The first-order chi connectivity index (χ1) is 11.8. The van der Waals surface area contributed by atoms with Crippen LogP contribution in [-0.4, -0.2) is 48.4 Å². The van der Waals surface area contributed by atoms with E-state index in [-0.39, 0.29) is 25.7 Å². The fourth-order valence-electron chi connectivity index (χ4n) is 2.06. The van der Waals surface area contributed by atoms with Gasteiger partial charge < -0.3 is 14.9 Å². The van der Waals surface area contributed by atoms with Crippen molar-refractivity contribution in [1.29, 1.82) is 0 Å². The molecule has 2 aromatic rings. The van der Waals surface area contributed by atoms with Crippen molar-refractivity contribution >= 4 is 49.2 Å². The van der Waals surface area contributed by atoms with E-state index in [1.807, 2.05) is 0 Å². The molecule has 2 aromatic carbocycles. The maximum atomic E-state index is 11.7. The molecule has 2 rings (SSSR count). The fraction of sp³-hybridized carbons (Fsp3) is 0. The summed E-state index contributed by atoms with van der Waals surface area (Å²) in [4.78, 5) is 45.0. The van der Waals surface area contributed by atoms with E-state index in [9.17, 15) is 19.2 Å². The molecule has 0 heterocycles. The Morgan fingerprint density at radius 2 is 0.960 bits per heavy atom. The van der Waals surface area contributed by atoms with Crippen molar-refractivity contribution in [2.24, 2.45) is 0 Å². The monoisotopic (exact) mass is 338 g/mol. The summed E-state index contributed by atoms with van der Waals surface area (Å²) >= 11 is 0. The van der Waals surface area contributed by atoms with Gasteiger partial charge in [-0.15, -0.1) is 0 Å². The van der Waals surface area contributed by atoms with E-state index in [4.69, 9.17) is 14.9 Å². The molecule has 124 valence electrons. The first kappa shape index (κ1) is 18.0. The highest BCUT2D eigenvalue weighted by Gasteiger charge is 2.15. The van der Waals surface area contributed by atoms with E-state index < -0.39 is 23.7 Å². The number of carbonyl (C=O) groups is 4. The Bertz CT molecular complexity index is 744. The average molecular weight is 338 g/mol. The number of carboxylic acid groups (broad SMARTS) is 2. The summed E-state index contributed by atoms with van der Waals surface area (Å²) in [6.07, 6.45) is 0. The van der Waals surface area contributed by atoms with E-state index >= 15 is 0 Å². The predicted octanol–water partition coefficient (Wildman–Crippen LogP) is 0.163. The van der Waals surface area contributed by atoms with E-state index in [2.05, 4.69) is 0 Å². The third kappa shape index (κ3) is 5.35. The summed E-state index contributed by atoms with van der Waals surface area (Å²) in [6.45, 7) is 0. The number of ether oxygens (including phenoxy) is 1. The molecule has 0 spiro atoms. The molecule has 0 aromatic heterocycles. The van der Waals surface area contributed by atoms with Crippen molar-refractivity contribution in [3.63, 3.8) is 0 Å². The van der Waals surface area contributed by atoms with Gasteiger partial charge in [0.2, 0.25) is 0 Å². The first-order valence-electron chi connectivity index (χ1n) is 7.23. The lowest BCUT2D eigenvalue weighted by Gasteiger charge is -2.03. The normalized spacial score (nSPS) is 9.76. The highest BCUT2D eigenvalue weighted by molar-refractivity contribution is 6.87. The van der Waals surface area contributed by atoms with Gasteiger partial charge in [-0.3, -0.25) is 9.59 Å². The van der Waals surface area contributed by atoms with Gasteiger partial charge in [0.05, 0.1) is 11.1 Å². The molecule has 0 amide bonds. The summed E-state index contributed by atoms with van der Waals surface area (Å²) in [5.74, 6) is -3.65. The van der Waals surface area contributed by atoms with Crippen LogP contribution in [0.1, 0.15) is 20.7 Å². The molecule has 0 radical (unpaired) electrons. The Kier molecular flexibility index (Phi) is 5.73. The lowest BCUT2D eigenvalue weighted by Crippen LogP contribution is -2.31. The van der Waals surface area contributed by atoms with Gasteiger partial charge in [-0.05, 0) is 24.3 Å². The Morgan fingerprint density at radius 3 is 1.24 bits per heavy atom. The minimum absolute atomic E-state index is 0.0954. The smallest absolute Gasteiger partial charge is 0.335 e. The highest BCUT2D eigenvalue weighted by atomic mass is 16.6. The Balaban J connectivity index is 1.88. The molecule has 9 heteroatoms. The van der Waals surface area contributed by atoms with E-state index in [0.717, 1.165) is 0 Å². The number of carboxylic acids is 2. The van der Waals surface area contributed by atoms with Crippen molar-refractivity contribution in [3.8, 4) is 0 Å². The second-order valence-corrected chi connectivity index (χ2v) is 5.20. The van der Waals surface area contributed by atoms with Crippen LogP contribution in [0.2, 0.25) is 0 Å². The number of benzene rings is 2. The molecule has 0 unspecified atom stereocenters. The van der Waals surface area contributed by atoms with E-state index in [1.165, 1.54) is 48.5 Å². The molecule has 0 aliphatic heterocycles. The molecule has 2 N–H and O–H groups in total. The summed E-state index contributed by atoms with van der Waals surface area (Å²) in [6, 6.07) is 11.3. The summed E-state index contributed by atoms with van der Waals surface area (Å²) in [5, 5.41) is 17.6. The van der Waals surface area contributed by atoms with Crippen molar-refractivity contribution in [2.45, 2.75) is 0 Å². The van der Waals surface area contributed by atoms with Crippen LogP contribution in [0.3, 0.4) is 0 Å². The molecular weight excluding hydrogens is 326 g/mol. The van der Waals surface area contributed by atoms with Gasteiger partial charge >= 0.3 is 11.9 Å². The van der Waals surface area contributed by atoms with Crippen molar-refractivity contribution < 1.29 is 34.1 Å². The van der Waals surface area contributed by atoms with Crippen LogP contribution in [-0.2, 0) is 4.74 Å². The van der Waals surface area contributed by atoms with Gasteiger partial charge in [0.15, 0.2) is 0 Å². The Labute approximate surface area is 143 Å². The van der Waals surface area contributed by atoms with Crippen LogP contribution in [0.15, 0.2) is 48.5 Å². The number of aromatic carboxylic acids is 2. The zero-order valence-electron chi connectivity index (χ0n) is 13.0. The zero-order chi connectivity index (χ0) is 18.4. The van der Waals surface area contributed by atoms with Crippen LogP contribution >= 0.6 is 0 Å². The van der Waals surface area contributed by atoms with Gasteiger partial charge in [-0.1, -0.05) is 35.2 Å². The molecule has 0 aliphatic carbocycles. The number of hydrogen-bond acceptors (Lipinski definition) is 5. The maximum Gasteiger partial charge on any atom is 0.335 e. The van der Waals surface area contributed by atoms with Crippen LogP contribution in [0.5, 0.6) is 0 Å². The van der Waals surface area contributed by atoms with Crippen LogP contribution < -0.4 is 10.9 Å². The molecule has 0 fully saturated rings. The van der Waals surface area contributed by atoms with Gasteiger partial charge in [0, 0.05) is 0 Å². The minimum Gasteiger partial charge on any atom is -0.478 e. The number of rotatable bonds is 6. The molecule has 0 aliphatic rings. The minimum atomic E-state index is -1.07. The lowest BCUT2D eigenvalue weighted by atomic mass is 9.68. The van der Waals surface area contributed by atoms with Crippen molar-refractivity contribution in [1.82, 2.24) is 0 Å². The Morgan fingerprint density at radius 1 is 0.640 bits per heavy atom. The highest BCUT2D eigenvalue weighted by Crippen LogP contribution is 1.98. The predicted molar refractivity (Wildman–Crippen MR) is 92.2 cm³/mol. The molecule has 0 atom stereocenters.